The summed E-state index contributed by atoms with van der Waals surface area (Å²) in [5, 5.41) is 15.3. The lowest BCUT2D eigenvalue weighted by atomic mass is 9.99. The molecule has 2 heterocycles. The van der Waals surface area contributed by atoms with Gasteiger partial charge in [0.2, 0.25) is 0 Å². The van der Waals surface area contributed by atoms with Crippen LogP contribution < -0.4 is 0 Å². The van der Waals surface area contributed by atoms with Gasteiger partial charge in [0.1, 0.15) is 23.3 Å². The van der Waals surface area contributed by atoms with Crippen molar-refractivity contribution in [3.8, 4) is 50.8 Å². The third-order valence-corrected chi connectivity index (χ3v) is 10.4. The summed E-state index contributed by atoms with van der Waals surface area (Å²) in [6.07, 6.45) is 0. The molecule has 254 valence electrons. The Kier molecular flexibility index (Phi) is 7.24. The second kappa shape index (κ2) is 12.4. The zero-order valence-electron chi connectivity index (χ0n) is 28.8. The number of nitriles is 1. The van der Waals surface area contributed by atoms with Crippen molar-refractivity contribution in [1.29, 1.82) is 5.26 Å². The standard InChI is InChI=1S/C49H29F2N3/c50-37-23-35(24-38(51)29-37)36-27-48(53-44-17-9-7-15-39(44)41-25-33(19-21-46(41)53)31-11-3-1-4-12-31)43(30-52)49(28-36)54-45-18-10-8-16-40(45)42-26-34(20-22-47(42)54)32-13-5-2-6-14-32/h1-29H. The van der Waals surface area contributed by atoms with Crippen LogP contribution in [0.2, 0.25) is 0 Å². The second-order valence-electron chi connectivity index (χ2n) is 13.6. The lowest BCUT2D eigenvalue weighted by molar-refractivity contribution is 0.584. The predicted octanol–water partition coefficient (Wildman–Crippen LogP) is 13.0. The third-order valence-electron chi connectivity index (χ3n) is 10.4. The number of aromatic nitrogens is 2. The molecule has 0 spiro atoms. The van der Waals surface area contributed by atoms with Gasteiger partial charge in [0, 0.05) is 27.6 Å². The van der Waals surface area contributed by atoms with Crippen molar-refractivity contribution in [2.24, 2.45) is 0 Å². The molecule has 2 aromatic heterocycles. The fourth-order valence-corrected chi connectivity index (χ4v) is 8.05. The number of fused-ring (bicyclic) bond motifs is 6. The molecule has 54 heavy (non-hydrogen) atoms. The van der Waals surface area contributed by atoms with Gasteiger partial charge in [0.05, 0.1) is 33.4 Å². The predicted molar refractivity (Wildman–Crippen MR) is 216 cm³/mol. The maximum atomic E-state index is 14.9. The maximum Gasteiger partial charge on any atom is 0.126 e. The van der Waals surface area contributed by atoms with Gasteiger partial charge >= 0.3 is 0 Å². The highest BCUT2D eigenvalue weighted by molar-refractivity contribution is 6.12. The van der Waals surface area contributed by atoms with E-state index in [0.29, 0.717) is 28.1 Å². The van der Waals surface area contributed by atoms with Crippen LogP contribution in [0.3, 0.4) is 0 Å². The Labute approximate surface area is 309 Å². The highest BCUT2D eigenvalue weighted by atomic mass is 19.1. The van der Waals surface area contributed by atoms with E-state index in [9.17, 15) is 14.0 Å². The summed E-state index contributed by atoms with van der Waals surface area (Å²) in [5.74, 6) is -1.35. The quantitative estimate of drug-likeness (QED) is 0.176. The van der Waals surface area contributed by atoms with Crippen molar-refractivity contribution in [2.45, 2.75) is 0 Å². The number of nitrogens with zero attached hydrogens (tertiary/aromatic N) is 3. The van der Waals surface area contributed by atoms with Crippen LogP contribution in [0.25, 0.3) is 88.4 Å². The zero-order chi connectivity index (χ0) is 36.3. The average molecular weight is 698 g/mol. The van der Waals surface area contributed by atoms with E-state index in [4.69, 9.17) is 0 Å². The molecule has 0 aliphatic heterocycles. The molecule has 8 aromatic carbocycles. The molecule has 0 atom stereocenters. The Morgan fingerprint density at radius 3 is 1.22 bits per heavy atom. The molecule has 10 rings (SSSR count). The van der Waals surface area contributed by atoms with Gasteiger partial charge in [-0.3, -0.25) is 0 Å². The number of para-hydroxylation sites is 2. The van der Waals surface area contributed by atoms with Crippen molar-refractivity contribution >= 4 is 43.6 Å². The summed E-state index contributed by atoms with van der Waals surface area (Å²) in [6.45, 7) is 0. The highest BCUT2D eigenvalue weighted by Crippen LogP contribution is 2.42. The number of hydrogen-bond acceptors (Lipinski definition) is 1. The molecule has 0 amide bonds. The van der Waals surface area contributed by atoms with Crippen LogP contribution in [0.15, 0.2) is 176 Å². The Morgan fingerprint density at radius 2 is 0.759 bits per heavy atom. The molecule has 0 N–H and O–H groups in total. The minimum Gasteiger partial charge on any atom is -0.308 e. The first-order chi connectivity index (χ1) is 26.6. The first kappa shape index (κ1) is 31.4. The van der Waals surface area contributed by atoms with Crippen molar-refractivity contribution < 1.29 is 8.78 Å². The summed E-state index contributed by atoms with van der Waals surface area (Å²) in [4.78, 5) is 0. The van der Waals surface area contributed by atoms with Crippen molar-refractivity contribution in [2.75, 3.05) is 0 Å². The summed E-state index contributed by atoms with van der Waals surface area (Å²) < 4.78 is 34.0. The van der Waals surface area contributed by atoms with Gasteiger partial charge in [-0.05, 0) is 94.0 Å². The van der Waals surface area contributed by atoms with Gasteiger partial charge in [0.15, 0.2) is 0 Å². The number of benzene rings is 8. The zero-order valence-corrected chi connectivity index (χ0v) is 28.8. The van der Waals surface area contributed by atoms with Gasteiger partial charge in [-0.2, -0.15) is 5.26 Å². The van der Waals surface area contributed by atoms with Crippen LogP contribution in [0.1, 0.15) is 5.56 Å². The molecule has 0 saturated carbocycles. The summed E-state index contributed by atoms with van der Waals surface area (Å²) in [5.41, 5.74) is 10.6. The first-order valence-corrected chi connectivity index (χ1v) is 17.8. The van der Waals surface area contributed by atoms with Crippen LogP contribution in [-0.4, -0.2) is 9.13 Å². The average Bonchev–Trinajstić information content (AvgIpc) is 3.72. The van der Waals surface area contributed by atoms with Crippen LogP contribution in [0.4, 0.5) is 8.78 Å². The Hall–Kier alpha value is -7.29. The number of rotatable bonds is 5. The fraction of sp³-hybridized carbons (Fsp3) is 0. The normalized spacial score (nSPS) is 11.5. The van der Waals surface area contributed by atoms with E-state index >= 15 is 0 Å². The van der Waals surface area contributed by atoms with Gasteiger partial charge in [-0.15, -0.1) is 0 Å². The number of hydrogen-bond donors (Lipinski definition) is 0. The molecular weight excluding hydrogens is 669 g/mol. The van der Waals surface area contributed by atoms with Gasteiger partial charge in [-0.1, -0.05) is 109 Å². The topological polar surface area (TPSA) is 33.6 Å². The third kappa shape index (κ3) is 5.00. The van der Waals surface area contributed by atoms with Gasteiger partial charge in [-0.25, -0.2) is 8.78 Å². The van der Waals surface area contributed by atoms with E-state index in [1.807, 2.05) is 72.8 Å². The van der Waals surface area contributed by atoms with Crippen molar-refractivity contribution in [3.63, 3.8) is 0 Å². The van der Waals surface area contributed by atoms with E-state index in [0.717, 1.165) is 71.9 Å². The smallest absolute Gasteiger partial charge is 0.126 e. The Bertz CT molecular complexity index is 2930. The lowest BCUT2D eigenvalue weighted by Gasteiger charge is -2.18. The summed E-state index contributed by atoms with van der Waals surface area (Å²) in [7, 11) is 0. The molecule has 10 aromatic rings. The van der Waals surface area contributed by atoms with Crippen LogP contribution in [-0.2, 0) is 0 Å². The van der Waals surface area contributed by atoms with Gasteiger partial charge in [0.25, 0.3) is 0 Å². The van der Waals surface area contributed by atoms with Crippen LogP contribution in [0.5, 0.6) is 0 Å². The molecule has 0 radical (unpaired) electrons. The summed E-state index contributed by atoms with van der Waals surface area (Å²) >= 11 is 0. The molecule has 3 nitrogen and oxygen atoms in total. The fourth-order valence-electron chi connectivity index (χ4n) is 8.05. The highest BCUT2D eigenvalue weighted by Gasteiger charge is 2.23. The second-order valence-corrected chi connectivity index (χ2v) is 13.6. The molecule has 0 fully saturated rings. The Morgan fingerprint density at radius 1 is 0.352 bits per heavy atom. The first-order valence-electron chi connectivity index (χ1n) is 17.8. The minimum atomic E-state index is -0.673. The molecule has 0 aliphatic carbocycles. The molecule has 0 saturated heterocycles. The van der Waals surface area contributed by atoms with Crippen LogP contribution >= 0.6 is 0 Å². The lowest BCUT2D eigenvalue weighted by Crippen LogP contribution is -2.05. The summed E-state index contributed by atoms with van der Waals surface area (Å²) in [6, 6.07) is 59.5. The molecule has 0 bridgehead atoms. The van der Waals surface area contributed by atoms with E-state index in [2.05, 4.69) is 100 Å². The molecular formula is C49H29F2N3. The maximum absolute atomic E-state index is 14.9. The Balaban J connectivity index is 1.31. The minimum absolute atomic E-state index is 0.374. The largest absolute Gasteiger partial charge is 0.308 e. The molecule has 5 heteroatoms. The SMILES string of the molecule is N#Cc1c(-n2c3ccccc3c3cc(-c4ccccc4)ccc32)cc(-c2cc(F)cc(F)c2)cc1-n1c2ccccc2c2cc(-c3ccccc3)ccc21. The molecule has 0 aliphatic rings. The van der Waals surface area contributed by atoms with Crippen molar-refractivity contribution in [3.05, 3.63) is 193 Å². The monoisotopic (exact) mass is 697 g/mol. The van der Waals surface area contributed by atoms with Crippen molar-refractivity contribution in [1.82, 2.24) is 9.13 Å². The number of halogens is 2. The van der Waals surface area contributed by atoms with E-state index < -0.39 is 11.6 Å². The van der Waals surface area contributed by atoms with Gasteiger partial charge < -0.3 is 9.13 Å². The molecule has 0 unspecified atom stereocenters. The van der Waals surface area contributed by atoms with E-state index in [1.165, 1.54) is 12.1 Å². The van der Waals surface area contributed by atoms with E-state index in [-0.39, 0.29) is 0 Å². The van der Waals surface area contributed by atoms with Crippen LogP contribution in [0, 0.1) is 23.0 Å². The van der Waals surface area contributed by atoms with E-state index in [1.54, 1.807) is 0 Å².